The summed E-state index contributed by atoms with van der Waals surface area (Å²) in [5.74, 6) is 0. The van der Waals surface area contributed by atoms with E-state index < -0.39 is 0 Å². The first kappa shape index (κ1) is 12.3. The van der Waals surface area contributed by atoms with Gasteiger partial charge in [-0.3, -0.25) is 0 Å². The number of piperidine rings is 1. The molecule has 0 aliphatic carbocycles. The van der Waals surface area contributed by atoms with Crippen molar-refractivity contribution in [1.82, 2.24) is 4.90 Å². The van der Waals surface area contributed by atoms with Crippen LogP contribution in [0.4, 0.5) is 4.79 Å². The average molecular weight is 215 g/mol. The lowest BCUT2D eigenvalue weighted by atomic mass is 10.1. The fraction of sp³-hybridized carbons (Fsp3) is 0.909. The predicted molar refractivity (Wildman–Crippen MR) is 57.9 cm³/mol. The monoisotopic (exact) mass is 215 g/mol. The third-order valence-electron chi connectivity index (χ3n) is 2.48. The first-order valence-corrected chi connectivity index (χ1v) is 5.84. The number of hydrogen-bond donors (Lipinski definition) is 0. The van der Waals surface area contributed by atoms with Crippen molar-refractivity contribution >= 4 is 6.09 Å². The molecule has 4 nitrogen and oxygen atoms in total. The molecule has 0 radical (unpaired) electrons. The summed E-state index contributed by atoms with van der Waals surface area (Å²) in [7, 11) is 0. The van der Waals surface area contributed by atoms with Gasteiger partial charge in [0.1, 0.15) is 0 Å². The molecule has 1 aliphatic rings. The maximum absolute atomic E-state index is 11.5. The second-order valence-corrected chi connectivity index (χ2v) is 3.71. The Morgan fingerprint density at radius 1 is 1.20 bits per heavy atom. The second-order valence-electron chi connectivity index (χ2n) is 3.71. The predicted octanol–water partition coefficient (Wildman–Crippen LogP) is 2.04. The number of hydrogen-bond acceptors (Lipinski definition) is 3. The summed E-state index contributed by atoms with van der Waals surface area (Å²) in [5.41, 5.74) is 0. The molecular formula is C11H21NO3. The van der Waals surface area contributed by atoms with Crippen molar-refractivity contribution in [3.05, 3.63) is 0 Å². The molecule has 1 fully saturated rings. The molecule has 1 aliphatic heterocycles. The van der Waals surface area contributed by atoms with Gasteiger partial charge in [-0.15, -0.1) is 0 Å². The molecular weight excluding hydrogens is 194 g/mol. The van der Waals surface area contributed by atoms with Crippen LogP contribution in [0.5, 0.6) is 0 Å². The minimum absolute atomic E-state index is 0.161. The van der Waals surface area contributed by atoms with Crippen molar-refractivity contribution in [2.75, 3.05) is 32.9 Å². The number of nitrogens with zero attached hydrogens (tertiary/aromatic N) is 1. The number of rotatable bonds is 5. The van der Waals surface area contributed by atoms with Crippen molar-refractivity contribution < 1.29 is 14.3 Å². The Morgan fingerprint density at radius 2 is 1.93 bits per heavy atom. The summed E-state index contributed by atoms with van der Waals surface area (Å²) in [6.45, 7) is 5.52. The number of ether oxygens (including phenoxy) is 2. The molecule has 1 amide bonds. The Bertz CT molecular complexity index is 179. The Hall–Kier alpha value is -0.770. The zero-order valence-corrected chi connectivity index (χ0v) is 9.54. The Kier molecular flexibility index (Phi) is 6.16. The van der Waals surface area contributed by atoms with Crippen molar-refractivity contribution in [3.63, 3.8) is 0 Å². The van der Waals surface area contributed by atoms with Gasteiger partial charge < -0.3 is 14.4 Å². The van der Waals surface area contributed by atoms with Crippen molar-refractivity contribution in [3.8, 4) is 0 Å². The summed E-state index contributed by atoms with van der Waals surface area (Å²) in [6.07, 6.45) is 4.06. The molecule has 0 bridgehead atoms. The van der Waals surface area contributed by atoms with Crippen molar-refractivity contribution in [1.29, 1.82) is 0 Å². The number of carbonyl (C=O) groups is 1. The van der Waals surface area contributed by atoms with Gasteiger partial charge in [0.2, 0.25) is 0 Å². The molecule has 0 unspecified atom stereocenters. The van der Waals surface area contributed by atoms with E-state index in [1.54, 1.807) is 4.90 Å². The number of amides is 1. The van der Waals surface area contributed by atoms with Gasteiger partial charge in [-0.1, -0.05) is 0 Å². The van der Waals surface area contributed by atoms with Crippen LogP contribution < -0.4 is 0 Å². The molecule has 0 saturated carbocycles. The normalized spacial score (nSPS) is 16.5. The molecule has 1 rings (SSSR count). The SMILES string of the molecule is CCOCCCOC(=O)N1CCCCC1. The number of likely N-dealkylation sites (tertiary alicyclic amines) is 1. The van der Waals surface area contributed by atoms with Crippen molar-refractivity contribution in [2.24, 2.45) is 0 Å². The summed E-state index contributed by atoms with van der Waals surface area (Å²) in [4.78, 5) is 13.3. The van der Waals surface area contributed by atoms with E-state index in [1.165, 1.54) is 6.42 Å². The van der Waals surface area contributed by atoms with Crippen LogP contribution in [0.3, 0.4) is 0 Å². The van der Waals surface area contributed by atoms with E-state index in [0.717, 1.165) is 39.0 Å². The molecule has 1 heterocycles. The minimum Gasteiger partial charge on any atom is -0.449 e. The Balaban J connectivity index is 2.02. The van der Waals surface area contributed by atoms with Gasteiger partial charge in [0.25, 0.3) is 0 Å². The fourth-order valence-electron chi connectivity index (χ4n) is 1.63. The molecule has 0 aromatic carbocycles. The largest absolute Gasteiger partial charge is 0.449 e. The average Bonchev–Trinajstić information content (AvgIpc) is 2.30. The highest BCUT2D eigenvalue weighted by atomic mass is 16.6. The fourth-order valence-corrected chi connectivity index (χ4v) is 1.63. The lowest BCUT2D eigenvalue weighted by Crippen LogP contribution is -2.36. The molecule has 15 heavy (non-hydrogen) atoms. The molecule has 0 N–H and O–H groups in total. The van der Waals surface area contributed by atoms with Gasteiger partial charge in [0, 0.05) is 32.7 Å². The van der Waals surface area contributed by atoms with E-state index in [2.05, 4.69) is 0 Å². The van der Waals surface area contributed by atoms with Crippen LogP contribution in [0.2, 0.25) is 0 Å². The molecule has 4 heteroatoms. The first-order valence-electron chi connectivity index (χ1n) is 5.84. The lowest BCUT2D eigenvalue weighted by Gasteiger charge is -2.25. The van der Waals surface area contributed by atoms with Gasteiger partial charge in [0.15, 0.2) is 0 Å². The van der Waals surface area contributed by atoms with Gasteiger partial charge in [-0.05, 0) is 26.2 Å². The Labute approximate surface area is 91.5 Å². The van der Waals surface area contributed by atoms with Crippen LogP contribution in [0, 0.1) is 0 Å². The molecule has 0 aromatic heterocycles. The zero-order valence-electron chi connectivity index (χ0n) is 9.54. The van der Waals surface area contributed by atoms with Crippen molar-refractivity contribution in [2.45, 2.75) is 32.6 Å². The summed E-state index contributed by atoms with van der Waals surface area (Å²) < 4.78 is 10.3. The van der Waals surface area contributed by atoms with Gasteiger partial charge in [-0.2, -0.15) is 0 Å². The van der Waals surface area contributed by atoms with Crippen LogP contribution in [0.15, 0.2) is 0 Å². The quantitative estimate of drug-likeness (QED) is 0.659. The van der Waals surface area contributed by atoms with E-state index in [1.807, 2.05) is 6.92 Å². The molecule has 88 valence electrons. The number of carbonyl (C=O) groups excluding carboxylic acids is 1. The Morgan fingerprint density at radius 3 is 2.60 bits per heavy atom. The maximum atomic E-state index is 11.5. The molecule has 0 spiro atoms. The molecule has 0 atom stereocenters. The van der Waals surface area contributed by atoms with Crippen LogP contribution in [0.1, 0.15) is 32.6 Å². The van der Waals surface area contributed by atoms with Crippen LogP contribution in [0.25, 0.3) is 0 Å². The van der Waals surface area contributed by atoms with Gasteiger partial charge in [0.05, 0.1) is 6.61 Å². The lowest BCUT2D eigenvalue weighted by molar-refractivity contribution is 0.0787. The first-order chi connectivity index (χ1) is 7.34. The molecule has 0 aromatic rings. The van der Waals surface area contributed by atoms with E-state index >= 15 is 0 Å². The van der Waals surface area contributed by atoms with Gasteiger partial charge in [-0.25, -0.2) is 4.79 Å². The summed E-state index contributed by atoms with van der Waals surface area (Å²) in [5, 5.41) is 0. The van der Waals surface area contributed by atoms with Crippen LogP contribution in [-0.4, -0.2) is 43.9 Å². The topological polar surface area (TPSA) is 38.8 Å². The van der Waals surface area contributed by atoms with E-state index in [9.17, 15) is 4.79 Å². The highest BCUT2D eigenvalue weighted by Crippen LogP contribution is 2.09. The zero-order chi connectivity index (χ0) is 10.9. The smallest absolute Gasteiger partial charge is 0.409 e. The van der Waals surface area contributed by atoms with E-state index in [-0.39, 0.29) is 6.09 Å². The second kappa shape index (κ2) is 7.51. The summed E-state index contributed by atoms with van der Waals surface area (Å²) in [6, 6.07) is 0. The highest BCUT2D eigenvalue weighted by molar-refractivity contribution is 5.67. The van der Waals surface area contributed by atoms with Crippen LogP contribution in [-0.2, 0) is 9.47 Å². The minimum atomic E-state index is -0.161. The third kappa shape index (κ3) is 5.02. The van der Waals surface area contributed by atoms with E-state index in [0.29, 0.717) is 13.2 Å². The van der Waals surface area contributed by atoms with Gasteiger partial charge >= 0.3 is 6.09 Å². The standard InChI is InChI=1S/C11H21NO3/c1-2-14-9-6-10-15-11(13)12-7-4-3-5-8-12/h2-10H2,1H3. The van der Waals surface area contributed by atoms with Crippen LogP contribution >= 0.6 is 0 Å². The maximum Gasteiger partial charge on any atom is 0.409 e. The summed E-state index contributed by atoms with van der Waals surface area (Å²) >= 11 is 0. The highest BCUT2D eigenvalue weighted by Gasteiger charge is 2.16. The molecule has 1 saturated heterocycles. The third-order valence-corrected chi connectivity index (χ3v) is 2.48. The van der Waals surface area contributed by atoms with E-state index in [4.69, 9.17) is 9.47 Å².